The van der Waals surface area contributed by atoms with Crippen molar-refractivity contribution < 1.29 is 19.4 Å². The molecule has 0 saturated carbocycles. The van der Waals surface area contributed by atoms with Crippen LogP contribution in [0.25, 0.3) is 10.9 Å². The first kappa shape index (κ1) is 21.0. The Bertz CT molecular complexity index is 920. The van der Waals surface area contributed by atoms with E-state index in [1.807, 2.05) is 24.9 Å². The Morgan fingerprint density at radius 2 is 1.97 bits per heavy atom. The summed E-state index contributed by atoms with van der Waals surface area (Å²) in [5, 5.41) is 10.0. The van der Waals surface area contributed by atoms with Crippen molar-refractivity contribution in [1.82, 2.24) is 9.88 Å². The maximum Gasteiger partial charge on any atom is 0.341 e. The third-order valence-corrected chi connectivity index (χ3v) is 5.82. The number of piperidine rings is 1. The maximum atomic E-state index is 12.6. The van der Waals surface area contributed by atoms with Crippen LogP contribution < -0.4 is 4.90 Å². The van der Waals surface area contributed by atoms with Crippen molar-refractivity contribution in [3.63, 3.8) is 0 Å². The molecule has 1 saturated heterocycles. The fourth-order valence-corrected chi connectivity index (χ4v) is 4.07. The number of carboxylic acid groups (broad SMARTS) is 1. The number of anilines is 1. The number of carbonyl (C=O) groups excluding carboxylic acids is 1. The summed E-state index contributed by atoms with van der Waals surface area (Å²) < 4.78 is 5.29. The molecule has 0 aliphatic carbocycles. The summed E-state index contributed by atoms with van der Waals surface area (Å²) in [6.45, 7) is 7.73. The number of carboxylic acids is 1. The molecule has 1 aromatic carbocycles. The summed E-state index contributed by atoms with van der Waals surface area (Å²) in [5.74, 6) is -1.18. The molecular formula is C22H29N3O4. The van der Waals surface area contributed by atoms with Gasteiger partial charge in [-0.2, -0.15) is 0 Å². The smallest absolute Gasteiger partial charge is 0.341 e. The number of rotatable bonds is 6. The molecule has 1 fully saturated rings. The number of benzene rings is 1. The number of nitrogens with zero attached hydrogens (tertiary/aromatic N) is 3. The summed E-state index contributed by atoms with van der Waals surface area (Å²) in [6.07, 6.45) is 3.30. The number of aliphatic carboxylic acids is 1. The van der Waals surface area contributed by atoms with Gasteiger partial charge in [0.1, 0.15) is 5.56 Å². The van der Waals surface area contributed by atoms with Crippen molar-refractivity contribution in [2.75, 3.05) is 38.2 Å². The molecule has 2 heterocycles. The summed E-state index contributed by atoms with van der Waals surface area (Å²) in [4.78, 5) is 32.3. The highest BCUT2D eigenvalue weighted by Gasteiger charge is 2.28. The van der Waals surface area contributed by atoms with E-state index in [4.69, 9.17) is 9.84 Å². The average Bonchev–Trinajstić information content (AvgIpc) is 2.69. The zero-order valence-corrected chi connectivity index (χ0v) is 17.6. The van der Waals surface area contributed by atoms with Crippen molar-refractivity contribution in [2.45, 2.75) is 39.7 Å². The van der Waals surface area contributed by atoms with Gasteiger partial charge in [0.2, 0.25) is 0 Å². The minimum Gasteiger partial charge on any atom is -0.480 e. The van der Waals surface area contributed by atoms with E-state index in [1.54, 1.807) is 13.1 Å². The largest absolute Gasteiger partial charge is 0.480 e. The van der Waals surface area contributed by atoms with Gasteiger partial charge in [0.25, 0.3) is 0 Å². The molecule has 1 aliphatic rings. The number of hydrogen-bond donors (Lipinski definition) is 1. The second-order valence-corrected chi connectivity index (χ2v) is 7.67. The number of likely N-dealkylation sites (N-methyl/N-ethyl adjacent to an activating group) is 1. The lowest BCUT2D eigenvalue weighted by Gasteiger charge is -2.38. The Hall–Kier alpha value is -2.67. The van der Waals surface area contributed by atoms with E-state index in [-0.39, 0.29) is 18.6 Å². The Morgan fingerprint density at radius 1 is 1.28 bits per heavy atom. The molecule has 156 valence electrons. The Labute approximate surface area is 171 Å². The first-order valence-electron chi connectivity index (χ1n) is 10.1. The van der Waals surface area contributed by atoms with Gasteiger partial charge in [-0.05, 0) is 51.8 Å². The Morgan fingerprint density at radius 3 is 2.59 bits per heavy atom. The number of pyridine rings is 1. The summed E-state index contributed by atoms with van der Waals surface area (Å²) in [7, 11) is 1.85. The van der Waals surface area contributed by atoms with E-state index in [9.17, 15) is 9.59 Å². The fourth-order valence-electron chi connectivity index (χ4n) is 4.07. The van der Waals surface area contributed by atoms with Crippen molar-refractivity contribution in [3.8, 4) is 0 Å². The zero-order valence-electron chi connectivity index (χ0n) is 17.6. The average molecular weight is 399 g/mol. The second kappa shape index (κ2) is 8.78. The monoisotopic (exact) mass is 399 g/mol. The lowest BCUT2D eigenvalue weighted by atomic mass is 9.98. The molecule has 1 aliphatic heterocycles. The van der Waals surface area contributed by atoms with Crippen molar-refractivity contribution in [3.05, 3.63) is 35.0 Å². The van der Waals surface area contributed by atoms with Gasteiger partial charge in [-0.25, -0.2) is 4.79 Å². The lowest BCUT2D eigenvalue weighted by Crippen LogP contribution is -2.45. The molecule has 0 radical (unpaired) electrons. The van der Waals surface area contributed by atoms with E-state index in [1.165, 1.54) is 0 Å². The molecule has 0 spiro atoms. The van der Waals surface area contributed by atoms with Gasteiger partial charge in [0, 0.05) is 30.7 Å². The summed E-state index contributed by atoms with van der Waals surface area (Å²) in [6, 6.07) is 4.31. The molecule has 7 nitrogen and oxygen atoms in total. The SMILES string of the molecule is CCOC(=O)c1cnc2c(C)c(C)ccc2c1N1CCC(N(C)CC(=O)O)CC1. The van der Waals surface area contributed by atoms with Crippen LogP contribution in [0.1, 0.15) is 41.3 Å². The molecule has 7 heteroatoms. The molecule has 0 atom stereocenters. The number of carbonyl (C=O) groups is 2. The third kappa shape index (κ3) is 4.34. The predicted molar refractivity (Wildman–Crippen MR) is 113 cm³/mol. The number of aryl methyl sites for hydroxylation is 2. The van der Waals surface area contributed by atoms with Crippen LogP contribution in [0.3, 0.4) is 0 Å². The first-order valence-corrected chi connectivity index (χ1v) is 10.1. The molecule has 2 aromatic rings. The van der Waals surface area contributed by atoms with E-state index in [0.717, 1.165) is 53.6 Å². The van der Waals surface area contributed by atoms with Gasteiger partial charge >= 0.3 is 11.9 Å². The quantitative estimate of drug-likeness (QED) is 0.748. The number of aromatic nitrogens is 1. The number of esters is 1. The fraction of sp³-hybridized carbons (Fsp3) is 0.500. The standard InChI is InChI=1S/C22H29N3O4/c1-5-29-22(28)18-12-23-20-15(3)14(2)6-7-17(20)21(18)25-10-8-16(9-11-25)24(4)13-19(26)27/h6-7,12,16H,5,8-11,13H2,1-4H3,(H,26,27). The molecule has 0 unspecified atom stereocenters. The van der Waals surface area contributed by atoms with Gasteiger partial charge in [-0.1, -0.05) is 12.1 Å². The van der Waals surface area contributed by atoms with Crippen molar-refractivity contribution in [1.29, 1.82) is 0 Å². The molecule has 3 rings (SSSR count). The van der Waals surface area contributed by atoms with Crippen LogP contribution in [0, 0.1) is 13.8 Å². The van der Waals surface area contributed by atoms with Crippen molar-refractivity contribution in [2.24, 2.45) is 0 Å². The van der Waals surface area contributed by atoms with Crippen molar-refractivity contribution >= 4 is 28.5 Å². The van der Waals surface area contributed by atoms with Crippen LogP contribution in [0.4, 0.5) is 5.69 Å². The van der Waals surface area contributed by atoms with Gasteiger partial charge in [-0.3, -0.25) is 14.7 Å². The number of hydrogen-bond acceptors (Lipinski definition) is 6. The first-order chi connectivity index (χ1) is 13.8. The highest BCUT2D eigenvalue weighted by atomic mass is 16.5. The highest BCUT2D eigenvalue weighted by molar-refractivity contribution is 6.06. The van der Waals surface area contributed by atoms with Crippen LogP contribution >= 0.6 is 0 Å². The minimum absolute atomic E-state index is 0.0371. The minimum atomic E-state index is -0.814. The Balaban J connectivity index is 1.97. The summed E-state index contributed by atoms with van der Waals surface area (Å²) >= 11 is 0. The summed E-state index contributed by atoms with van der Waals surface area (Å²) in [5.41, 5.74) is 4.53. The number of ether oxygens (including phenoxy) is 1. The normalized spacial score (nSPS) is 15.1. The zero-order chi connectivity index (χ0) is 21.1. The molecule has 1 N–H and O–H groups in total. The van der Waals surface area contributed by atoms with Crippen LogP contribution in [-0.2, 0) is 9.53 Å². The van der Waals surface area contributed by atoms with E-state index >= 15 is 0 Å². The third-order valence-electron chi connectivity index (χ3n) is 5.82. The van der Waals surface area contributed by atoms with Crippen LogP contribution in [0.15, 0.2) is 18.3 Å². The topological polar surface area (TPSA) is 83.0 Å². The molecule has 1 aromatic heterocycles. The van der Waals surface area contributed by atoms with E-state index in [2.05, 4.69) is 22.9 Å². The van der Waals surface area contributed by atoms with Gasteiger partial charge in [0.05, 0.1) is 24.4 Å². The van der Waals surface area contributed by atoms with E-state index in [0.29, 0.717) is 12.2 Å². The van der Waals surface area contributed by atoms with Gasteiger partial charge < -0.3 is 14.7 Å². The lowest BCUT2D eigenvalue weighted by molar-refractivity contribution is -0.138. The molecule has 0 amide bonds. The van der Waals surface area contributed by atoms with Crippen LogP contribution in [0.2, 0.25) is 0 Å². The maximum absolute atomic E-state index is 12.6. The highest BCUT2D eigenvalue weighted by Crippen LogP contribution is 2.34. The number of fused-ring (bicyclic) bond motifs is 1. The second-order valence-electron chi connectivity index (χ2n) is 7.67. The van der Waals surface area contributed by atoms with Crippen LogP contribution in [0.5, 0.6) is 0 Å². The molecule has 0 bridgehead atoms. The molecular weight excluding hydrogens is 370 g/mol. The Kier molecular flexibility index (Phi) is 6.37. The van der Waals surface area contributed by atoms with E-state index < -0.39 is 5.97 Å². The molecule has 29 heavy (non-hydrogen) atoms. The van der Waals surface area contributed by atoms with Gasteiger partial charge in [0.15, 0.2) is 0 Å². The predicted octanol–water partition coefficient (Wildman–Crippen LogP) is 3.01. The van der Waals surface area contributed by atoms with Gasteiger partial charge in [-0.15, -0.1) is 0 Å². The van der Waals surface area contributed by atoms with Crippen LogP contribution in [-0.4, -0.2) is 66.3 Å².